The molecule has 3 atom stereocenters. The van der Waals surface area contributed by atoms with E-state index in [-0.39, 0.29) is 18.1 Å². The van der Waals surface area contributed by atoms with Crippen molar-refractivity contribution in [1.82, 2.24) is 10.6 Å². The Hall–Kier alpha value is -2.61. The molecular weight excluding hydrogens is 338 g/mol. The third-order valence-corrected chi connectivity index (χ3v) is 3.80. The Kier molecular flexibility index (Phi) is 8.05. The Morgan fingerprint density at radius 3 is 2.12 bits per heavy atom. The summed E-state index contributed by atoms with van der Waals surface area (Å²) in [4.78, 5) is 35.5. The molecule has 2 amide bonds. The van der Waals surface area contributed by atoms with Crippen molar-refractivity contribution in [2.75, 3.05) is 0 Å². The molecule has 1 aromatic carbocycles. The lowest BCUT2D eigenvalue weighted by atomic mass is 10.0. The van der Waals surface area contributed by atoms with Crippen LogP contribution < -0.4 is 16.4 Å². The normalized spacial score (nSPS) is 14.3. The molecule has 6 N–H and O–H groups in total. The summed E-state index contributed by atoms with van der Waals surface area (Å²) in [5, 5.41) is 23.3. The number of benzene rings is 1. The number of hydrogen-bond donors (Lipinski definition) is 5. The van der Waals surface area contributed by atoms with Crippen molar-refractivity contribution in [3.8, 4) is 5.75 Å². The Balaban J connectivity index is 2.57. The average Bonchev–Trinajstić information content (AvgIpc) is 2.55. The van der Waals surface area contributed by atoms with Gasteiger partial charge in [0.15, 0.2) is 0 Å². The van der Waals surface area contributed by atoms with Crippen molar-refractivity contribution in [3.63, 3.8) is 0 Å². The molecule has 0 fully saturated rings. The monoisotopic (exact) mass is 365 g/mol. The second-order valence-corrected chi connectivity index (χ2v) is 6.74. The lowest BCUT2D eigenvalue weighted by Crippen LogP contribution is -2.53. The molecule has 0 aliphatic carbocycles. The molecule has 0 radical (unpaired) electrons. The Morgan fingerprint density at radius 2 is 1.62 bits per heavy atom. The van der Waals surface area contributed by atoms with E-state index in [1.165, 1.54) is 19.1 Å². The quantitative estimate of drug-likeness (QED) is 0.428. The van der Waals surface area contributed by atoms with E-state index < -0.39 is 35.9 Å². The van der Waals surface area contributed by atoms with Crippen LogP contribution in [0.2, 0.25) is 0 Å². The fourth-order valence-electron chi connectivity index (χ4n) is 2.35. The number of carbonyl (C=O) groups is 3. The van der Waals surface area contributed by atoms with Gasteiger partial charge in [0.2, 0.25) is 11.8 Å². The van der Waals surface area contributed by atoms with Crippen LogP contribution in [0, 0.1) is 5.92 Å². The predicted molar refractivity (Wildman–Crippen MR) is 96.4 cm³/mol. The number of amides is 2. The molecule has 0 saturated carbocycles. The van der Waals surface area contributed by atoms with E-state index in [1.807, 2.05) is 13.8 Å². The van der Waals surface area contributed by atoms with E-state index in [9.17, 15) is 19.5 Å². The maximum Gasteiger partial charge on any atom is 0.326 e. The second-order valence-electron chi connectivity index (χ2n) is 6.74. The fraction of sp³-hybridized carbons (Fsp3) is 0.500. The van der Waals surface area contributed by atoms with Crippen LogP contribution in [0.15, 0.2) is 24.3 Å². The molecule has 0 spiro atoms. The largest absolute Gasteiger partial charge is 0.508 e. The number of nitrogens with one attached hydrogen (secondary N) is 2. The van der Waals surface area contributed by atoms with Gasteiger partial charge in [-0.25, -0.2) is 4.79 Å². The number of hydrogen-bond acceptors (Lipinski definition) is 5. The van der Waals surface area contributed by atoms with E-state index in [1.54, 1.807) is 12.1 Å². The number of carbonyl (C=O) groups excluding carboxylic acids is 2. The van der Waals surface area contributed by atoms with Crippen LogP contribution in [0.25, 0.3) is 0 Å². The van der Waals surface area contributed by atoms with Crippen molar-refractivity contribution in [2.24, 2.45) is 11.7 Å². The van der Waals surface area contributed by atoms with Crippen LogP contribution in [0.5, 0.6) is 5.75 Å². The molecule has 1 rings (SSSR count). The number of phenols is 1. The van der Waals surface area contributed by atoms with Gasteiger partial charge in [-0.1, -0.05) is 26.0 Å². The SMILES string of the molecule is CC(C)C[C@H](NC(=O)[C@H](C)NC(=O)[C@@H](N)Cc1ccc(O)cc1)C(=O)O. The standard InChI is InChI=1S/C18H27N3O5/c1-10(2)8-15(18(25)26)21-16(23)11(3)20-17(24)14(19)9-12-4-6-13(22)7-5-12/h4-7,10-11,14-15,22H,8-9,19H2,1-3H3,(H,20,24)(H,21,23)(H,25,26)/t11-,14-,15-/m0/s1. The number of aliphatic carboxylic acids is 1. The molecule has 144 valence electrons. The van der Waals surface area contributed by atoms with E-state index in [2.05, 4.69) is 10.6 Å². The molecule has 26 heavy (non-hydrogen) atoms. The zero-order valence-electron chi connectivity index (χ0n) is 15.2. The summed E-state index contributed by atoms with van der Waals surface area (Å²) in [6.45, 7) is 5.18. The molecule has 0 aliphatic rings. The summed E-state index contributed by atoms with van der Waals surface area (Å²) < 4.78 is 0. The second kappa shape index (κ2) is 9.76. The third-order valence-electron chi connectivity index (χ3n) is 3.80. The molecule has 8 heteroatoms. The van der Waals surface area contributed by atoms with E-state index in [4.69, 9.17) is 10.8 Å². The van der Waals surface area contributed by atoms with Gasteiger partial charge >= 0.3 is 5.97 Å². The molecule has 1 aromatic rings. The molecule has 0 aromatic heterocycles. The summed E-state index contributed by atoms with van der Waals surface area (Å²) in [6.07, 6.45) is 0.535. The van der Waals surface area contributed by atoms with Crippen molar-refractivity contribution in [1.29, 1.82) is 0 Å². The van der Waals surface area contributed by atoms with Crippen LogP contribution in [0.1, 0.15) is 32.8 Å². The molecule has 0 bridgehead atoms. The zero-order valence-corrected chi connectivity index (χ0v) is 15.2. The number of carboxylic acid groups (broad SMARTS) is 1. The van der Waals surface area contributed by atoms with Crippen LogP contribution in [0.3, 0.4) is 0 Å². The van der Waals surface area contributed by atoms with Gasteiger partial charge in [0.1, 0.15) is 17.8 Å². The number of nitrogens with two attached hydrogens (primary N) is 1. The van der Waals surface area contributed by atoms with Crippen LogP contribution in [-0.2, 0) is 20.8 Å². The summed E-state index contributed by atoms with van der Waals surface area (Å²) in [5.41, 5.74) is 6.62. The average molecular weight is 365 g/mol. The minimum atomic E-state index is -1.12. The number of aromatic hydroxyl groups is 1. The van der Waals surface area contributed by atoms with Crippen molar-refractivity contribution in [3.05, 3.63) is 29.8 Å². The predicted octanol–water partition coefficient (Wildman–Crippen LogP) is 0.382. The van der Waals surface area contributed by atoms with E-state index >= 15 is 0 Å². The molecule has 0 saturated heterocycles. The Bertz CT molecular complexity index is 630. The number of carboxylic acids is 1. The van der Waals surface area contributed by atoms with Gasteiger partial charge in [-0.3, -0.25) is 9.59 Å². The molecule has 0 unspecified atom stereocenters. The van der Waals surface area contributed by atoms with Gasteiger partial charge in [0, 0.05) is 0 Å². The highest BCUT2D eigenvalue weighted by Crippen LogP contribution is 2.11. The minimum absolute atomic E-state index is 0.0972. The highest BCUT2D eigenvalue weighted by Gasteiger charge is 2.25. The topological polar surface area (TPSA) is 142 Å². The first-order valence-corrected chi connectivity index (χ1v) is 8.47. The molecular formula is C18H27N3O5. The van der Waals surface area contributed by atoms with Crippen molar-refractivity contribution in [2.45, 2.75) is 51.7 Å². The first kappa shape index (κ1) is 21.4. The highest BCUT2D eigenvalue weighted by atomic mass is 16.4. The van der Waals surface area contributed by atoms with Crippen LogP contribution in [-0.4, -0.2) is 46.1 Å². The Morgan fingerprint density at radius 1 is 1.04 bits per heavy atom. The van der Waals surface area contributed by atoms with E-state index in [0.717, 1.165) is 5.56 Å². The molecule has 8 nitrogen and oxygen atoms in total. The summed E-state index contributed by atoms with van der Waals surface area (Å²) >= 11 is 0. The summed E-state index contributed by atoms with van der Waals surface area (Å²) in [5.74, 6) is -2.00. The number of phenolic OH excluding ortho intramolecular Hbond substituents is 1. The van der Waals surface area contributed by atoms with Gasteiger partial charge in [-0.15, -0.1) is 0 Å². The first-order chi connectivity index (χ1) is 12.1. The van der Waals surface area contributed by atoms with Gasteiger partial charge in [0.25, 0.3) is 0 Å². The van der Waals surface area contributed by atoms with Gasteiger partial charge < -0.3 is 26.6 Å². The van der Waals surface area contributed by atoms with Crippen molar-refractivity contribution >= 4 is 17.8 Å². The lowest BCUT2D eigenvalue weighted by Gasteiger charge is -2.21. The van der Waals surface area contributed by atoms with Gasteiger partial charge in [-0.05, 0) is 43.4 Å². The fourth-order valence-corrected chi connectivity index (χ4v) is 2.35. The minimum Gasteiger partial charge on any atom is -0.508 e. The summed E-state index contributed by atoms with van der Waals surface area (Å²) in [7, 11) is 0. The first-order valence-electron chi connectivity index (χ1n) is 8.47. The van der Waals surface area contributed by atoms with Gasteiger partial charge in [-0.2, -0.15) is 0 Å². The van der Waals surface area contributed by atoms with Crippen LogP contribution >= 0.6 is 0 Å². The highest BCUT2D eigenvalue weighted by molar-refractivity contribution is 5.91. The zero-order chi connectivity index (χ0) is 19.9. The summed E-state index contributed by atoms with van der Waals surface area (Å²) in [6, 6.07) is 3.51. The maximum atomic E-state index is 12.1. The van der Waals surface area contributed by atoms with Gasteiger partial charge in [0.05, 0.1) is 6.04 Å². The third kappa shape index (κ3) is 7.10. The van der Waals surface area contributed by atoms with E-state index in [0.29, 0.717) is 6.42 Å². The van der Waals surface area contributed by atoms with Crippen LogP contribution in [0.4, 0.5) is 0 Å². The maximum absolute atomic E-state index is 12.1. The smallest absolute Gasteiger partial charge is 0.326 e. The molecule has 0 aliphatic heterocycles. The number of rotatable bonds is 9. The molecule has 0 heterocycles. The lowest BCUT2D eigenvalue weighted by molar-refractivity contribution is -0.142. The van der Waals surface area contributed by atoms with Crippen molar-refractivity contribution < 1.29 is 24.6 Å². The Labute approximate surface area is 152 Å².